The zero-order chi connectivity index (χ0) is 14.0. The molecular formula is C13H16N4O2. The number of amides is 3. The molecule has 0 fully saturated rings. The van der Waals surface area contributed by atoms with Crippen LogP contribution in [0, 0.1) is 0 Å². The summed E-state index contributed by atoms with van der Waals surface area (Å²) in [5.41, 5.74) is 2.39. The lowest BCUT2D eigenvalue weighted by Gasteiger charge is -2.20. The van der Waals surface area contributed by atoms with E-state index in [-0.39, 0.29) is 5.91 Å². The zero-order valence-electron chi connectivity index (χ0n) is 11.1. The summed E-state index contributed by atoms with van der Waals surface area (Å²) in [6.07, 6.45) is -0.905. The summed E-state index contributed by atoms with van der Waals surface area (Å²) in [5.74, 6) is -0.270. The second kappa shape index (κ2) is 5.09. The van der Waals surface area contributed by atoms with Gasteiger partial charge in [-0.05, 0) is 13.0 Å². The topological polar surface area (TPSA) is 73.8 Å². The van der Waals surface area contributed by atoms with Crippen LogP contribution in [0.2, 0.25) is 0 Å². The van der Waals surface area contributed by atoms with E-state index in [1.54, 1.807) is 7.05 Å². The van der Waals surface area contributed by atoms with Crippen molar-refractivity contribution in [2.45, 2.75) is 13.1 Å². The summed E-state index contributed by atoms with van der Waals surface area (Å²) in [5, 5.41) is 4.94. The molecule has 6 nitrogen and oxygen atoms in total. The molecule has 1 atom stereocenters. The minimum Gasteiger partial charge on any atom is -0.341 e. The van der Waals surface area contributed by atoms with Gasteiger partial charge in [-0.3, -0.25) is 9.79 Å². The number of hydrogen-bond acceptors (Lipinski definition) is 3. The molecule has 2 rings (SSSR count). The van der Waals surface area contributed by atoms with E-state index in [9.17, 15) is 9.59 Å². The Labute approximate surface area is 111 Å². The summed E-state index contributed by atoms with van der Waals surface area (Å²) in [6.45, 7) is 1.82. The summed E-state index contributed by atoms with van der Waals surface area (Å²) in [4.78, 5) is 29.4. The van der Waals surface area contributed by atoms with Crippen LogP contribution >= 0.6 is 0 Å². The fourth-order valence-electron chi connectivity index (χ4n) is 1.98. The van der Waals surface area contributed by atoms with Crippen LogP contribution in [-0.2, 0) is 4.79 Å². The number of rotatable bonds is 1. The molecule has 1 unspecified atom stereocenters. The van der Waals surface area contributed by atoms with Gasteiger partial charge in [0, 0.05) is 25.4 Å². The van der Waals surface area contributed by atoms with E-state index in [2.05, 4.69) is 15.6 Å². The number of benzodiazepines with no additional fused rings is 1. The van der Waals surface area contributed by atoms with E-state index in [4.69, 9.17) is 0 Å². The van der Waals surface area contributed by atoms with Gasteiger partial charge in [0.25, 0.3) is 5.91 Å². The molecule has 19 heavy (non-hydrogen) atoms. The van der Waals surface area contributed by atoms with Crippen LogP contribution in [-0.4, -0.2) is 37.9 Å². The molecule has 1 aliphatic heterocycles. The second-order valence-corrected chi connectivity index (χ2v) is 4.25. The molecule has 1 aromatic rings. The van der Waals surface area contributed by atoms with Crippen molar-refractivity contribution in [2.75, 3.05) is 19.0 Å². The number of carbonyl (C=O) groups is 2. The van der Waals surface area contributed by atoms with Crippen molar-refractivity contribution in [3.8, 4) is 0 Å². The molecule has 0 aromatic heterocycles. The first-order valence-electron chi connectivity index (χ1n) is 5.94. The smallest absolute Gasteiger partial charge is 0.316 e. The molecule has 0 radical (unpaired) electrons. The van der Waals surface area contributed by atoms with Crippen molar-refractivity contribution in [1.82, 2.24) is 10.6 Å². The number of para-hydroxylation sites is 1. The number of urea groups is 1. The lowest BCUT2D eigenvalue weighted by molar-refractivity contribution is -0.119. The fourth-order valence-corrected chi connectivity index (χ4v) is 1.98. The van der Waals surface area contributed by atoms with Crippen LogP contribution in [0.15, 0.2) is 29.3 Å². The number of likely N-dealkylation sites (N-methyl/N-ethyl adjacent to an activating group) is 1. The summed E-state index contributed by atoms with van der Waals surface area (Å²) in [7, 11) is 3.17. The van der Waals surface area contributed by atoms with Gasteiger partial charge in [0.1, 0.15) is 0 Å². The molecule has 0 saturated heterocycles. The number of aliphatic imine (C=N–C) groups is 1. The fraction of sp³-hybridized carbons (Fsp3) is 0.308. The van der Waals surface area contributed by atoms with Gasteiger partial charge in [-0.15, -0.1) is 0 Å². The maximum Gasteiger partial charge on any atom is 0.316 e. The second-order valence-electron chi connectivity index (χ2n) is 4.25. The minimum absolute atomic E-state index is 0.270. The van der Waals surface area contributed by atoms with Gasteiger partial charge in [-0.2, -0.15) is 0 Å². The number of nitrogens with zero attached hydrogens (tertiary/aromatic N) is 2. The molecule has 1 aromatic carbocycles. The van der Waals surface area contributed by atoms with Gasteiger partial charge in [0.2, 0.25) is 6.17 Å². The Morgan fingerprint density at radius 1 is 1.37 bits per heavy atom. The third-order valence-electron chi connectivity index (χ3n) is 3.04. The van der Waals surface area contributed by atoms with E-state index in [1.807, 2.05) is 31.2 Å². The average Bonchev–Trinajstić information content (AvgIpc) is 2.51. The Hall–Kier alpha value is -2.37. The van der Waals surface area contributed by atoms with Crippen molar-refractivity contribution < 1.29 is 9.59 Å². The van der Waals surface area contributed by atoms with Crippen LogP contribution in [0.1, 0.15) is 12.5 Å². The first-order valence-corrected chi connectivity index (χ1v) is 5.94. The van der Waals surface area contributed by atoms with Crippen molar-refractivity contribution in [1.29, 1.82) is 0 Å². The van der Waals surface area contributed by atoms with Gasteiger partial charge in [0.05, 0.1) is 5.69 Å². The minimum atomic E-state index is -0.905. The van der Waals surface area contributed by atoms with Gasteiger partial charge in [0.15, 0.2) is 0 Å². The predicted molar refractivity (Wildman–Crippen MR) is 73.4 cm³/mol. The van der Waals surface area contributed by atoms with Crippen molar-refractivity contribution in [3.05, 3.63) is 29.8 Å². The van der Waals surface area contributed by atoms with Crippen molar-refractivity contribution >= 4 is 23.3 Å². The van der Waals surface area contributed by atoms with Gasteiger partial charge in [-0.1, -0.05) is 18.2 Å². The quantitative estimate of drug-likeness (QED) is 0.781. The number of nitrogens with one attached hydrogen (secondary N) is 2. The zero-order valence-corrected chi connectivity index (χ0v) is 11.1. The predicted octanol–water partition coefficient (Wildman–Crippen LogP) is 0.727. The molecular weight excluding hydrogens is 244 g/mol. The monoisotopic (exact) mass is 260 g/mol. The molecule has 1 heterocycles. The highest BCUT2D eigenvalue weighted by atomic mass is 16.2. The number of carbonyl (C=O) groups excluding carboxylic acids is 2. The van der Waals surface area contributed by atoms with Gasteiger partial charge in [-0.25, -0.2) is 4.79 Å². The van der Waals surface area contributed by atoms with Crippen LogP contribution < -0.4 is 15.5 Å². The lowest BCUT2D eigenvalue weighted by Crippen LogP contribution is -2.48. The number of anilines is 1. The Bertz CT molecular complexity index is 553. The maximum absolute atomic E-state index is 12.3. The molecule has 6 heteroatoms. The lowest BCUT2D eigenvalue weighted by atomic mass is 10.1. The summed E-state index contributed by atoms with van der Waals surface area (Å²) < 4.78 is 0. The van der Waals surface area contributed by atoms with Crippen LogP contribution in [0.4, 0.5) is 10.5 Å². The number of benzene rings is 1. The highest BCUT2D eigenvalue weighted by Crippen LogP contribution is 2.23. The van der Waals surface area contributed by atoms with E-state index in [0.29, 0.717) is 0 Å². The van der Waals surface area contributed by atoms with E-state index < -0.39 is 12.2 Å². The van der Waals surface area contributed by atoms with E-state index in [0.717, 1.165) is 17.0 Å². The van der Waals surface area contributed by atoms with Crippen molar-refractivity contribution in [3.63, 3.8) is 0 Å². The van der Waals surface area contributed by atoms with Crippen molar-refractivity contribution in [2.24, 2.45) is 4.99 Å². The molecule has 1 aliphatic rings. The Morgan fingerprint density at radius 3 is 2.74 bits per heavy atom. The van der Waals surface area contributed by atoms with Gasteiger partial charge < -0.3 is 15.5 Å². The molecule has 0 saturated carbocycles. The normalized spacial score (nSPS) is 18.3. The molecule has 0 aliphatic carbocycles. The molecule has 2 N–H and O–H groups in total. The maximum atomic E-state index is 12.3. The van der Waals surface area contributed by atoms with Gasteiger partial charge >= 0.3 is 6.03 Å². The Balaban J connectivity index is 2.41. The number of fused-ring (bicyclic) bond motifs is 1. The molecule has 3 amide bonds. The van der Waals surface area contributed by atoms with E-state index in [1.165, 1.54) is 11.9 Å². The number of hydrogen-bond donors (Lipinski definition) is 2. The molecule has 0 spiro atoms. The highest BCUT2D eigenvalue weighted by molar-refractivity contribution is 6.12. The average molecular weight is 260 g/mol. The van der Waals surface area contributed by atoms with E-state index >= 15 is 0 Å². The first-order chi connectivity index (χ1) is 9.04. The SMILES string of the molecule is CNC(=O)NC1N=C(C)c2ccccc2N(C)C1=O. The highest BCUT2D eigenvalue weighted by Gasteiger charge is 2.28. The van der Waals surface area contributed by atoms with Crippen LogP contribution in [0.25, 0.3) is 0 Å². The Morgan fingerprint density at radius 2 is 2.05 bits per heavy atom. The largest absolute Gasteiger partial charge is 0.341 e. The summed E-state index contributed by atoms with van der Waals surface area (Å²) >= 11 is 0. The molecule has 100 valence electrons. The Kier molecular flexibility index (Phi) is 3.50. The van der Waals surface area contributed by atoms with Crippen LogP contribution in [0.3, 0.4) is 0 Å². The standard InChI is InChI=1S/C13H16N4O2/c1-8-9-6-4-5-7-10(9)17(3)12(18)11(15-8)16-13(19)14-2/h4-7,11H,1-3H3,(H2,14,16,19). The van der Waals surface area contributed by atoms with Crippen LogP contribution in [0.5, 0.6) is 0 Å². The third-order valence-corrected chi connectivity index (χ3v) is 3.04. The first kappa shape index (κ1) is 13.1. The summed E-state index contributed by atoms with van der Waals surface area (Å²) in [6, 6.07) is 7.08. The third kappa shape index (κ3) is 2.42. The molecule has 0 bridgehead atoms.